The lowest BCUT2D eigenvalue weighted by Crippen LogP contribution is -2.55. The third-order valence-corrected chi connectivity index (χ3v) is 9.49. The highest BCUT2D eigenvalue weighted by Crippen LogP contribution is 2.38. The molecule has 3 N–H and O–H groups in total. The van der Waals surface area contributed by atoms with Gasteiger partial charge in [-0.25, -0.2) is 15.0 Å². The molecule has 3 aromatic heterocycles. The number of rotatable bonds is 8. The molecule has 0 unspecified atom stereocenters. The van der Waals surface area contributed by atoms with Crippen molar-refractivity contribution in [2.45, 2.75) is 51.2 Å². The highest BCUT2D eigenvalue weighted by Gasteiger charge is 2.31. The molecule has 4 heterocycles. The third-order valence-electron chi connectivity index (χ3n) is 9.49. The van der Waals surface area contributed by atoms with Crippen LogP contribution in [0.1, 0.15) is 59.5 Å². The number of amides is 2. The van der Waals surface area contributed by atoms with Crippen molar-refractivity contribution < 1.29 is 14.3 Å². The van der Waals surface area contributed by atoms with Crippen LogP contribution >= 0.6 is 0 Å². The largest absolute Gasteiger partial charge is 0.494 e. The van der Waals surface area contributed by atoms with Gasteiger partial charge in [-0.15, -0.1) is 0 Å². The number of aryl methyl sites for hydroxylation is 1. The van der Waals surface area contributed by atoms with E-state index in [-0.39, 0.29) is 17.9 Å². The Balaban J connectivity index is 1.29. The Labute approximate surface area is 274 Å². The van der Waals surface area contributed by atoms with E-state index in [2.05, 4.69) is 22.0 Å². The molecule has 5 aromatic rings. The van der Waals surface area contributed by atoms with Crippen LogP contribution in [0.5, 0.6) is 5.75 Å². The van der Waals surface area contributed by atoms with Crippen LogP contribution in [0.15, 0.2) is 60.7 Å². The van der Waals surface area contributed by atoms with Crippen LogP contribution in [-0.4, -0.2) is 74.2 Å². The number of hydrazine groups is 1. The quantitative estimate of drug-likeness (QED) is 0.254. The molecule has 1 atom stereocenters. The molecule has 2 aliphatic rings. The molecule has 11 nitrogen and oxygen atoms in total. The van der Waals surface area contributed by atoms with Crippen LogP contribution in [0, 0.1) is 5.92 Å². The minimum absolute atomic E-state index is 0.0598. The Hall–Kier alpha value is -4.74. The van der Waals surface area contributed by atoms with E-state index in [0.29, 0.717) is 34.9 Å². The van der Waals surface area contributed by atoms with Crippen molar-refractivity contribution in [2.24, 2.45) is 18.7 Å². The normalized spacial score (nSPS) is 17.4. The number of ether oxygens (including phenoxy) is 1. The first kappa shape index (κ1) is 30.9. The van der Waals surface area contributed by atoms with Crippen LogP contribution in [0.4, 0.5) is 0 Å². The number of carbonyl (C=O) groups is 2. The summed E-state index contributed by atoms with van der Waals surface area (Å²) in [4.78, 5) is 37.0. The number of fused-ring (bicyclic) bond motifs is 2. The van der Waals surface area contributed by atoms with E-state index in [4.69, 9.17) is 20.4 Å². The van der Waals surface area contributed by atoms with Gasteiger partial charge in [-0.1, -0.05) is 18.2 Å². The maximum atomic E-state index is 13.7. The first-order valence-electron chi connectivity index (χ1n) is 16.3. The zero-order chi connectivity index (χ0) is 33.0. The zero-order valence-corrected chi connectivity index (χ0v) is 27.7. The Morgan fingerprint density at radius 1 is 1.00 bits per heavy atom. The number of pyridine rings is 1. The van der Waals surface area contributed by atoms with Gasteiger partial charge in [0.1, 0.15) is 16.9 Å². The summed E-state index contributed by atoms with van der Waals surface area (Å²) in [6.07, 6.45) is 3.19. The van der Waals surface area contributed by atoms with Crippen molar-refractivity contribution in [3.8, 4) is 17.3 Å². The molecule has 2 amide bonds. The molecular weight excluding hydrogens is 592 g/mol. The van der Waals surface area contributed by atoms with Gasteiger partial charge >= 0.3 is 0 Å². The number of aromatic nitrogens is 4. The SMILES string of the molecule is COc1cc(C(=O)N2C[C@H](N)CCN2C)cc2nc(-c3cc4ccc(C(C)(C)NC(=O)c5ccccc5)nc4n3CC3CC3)n(C)c12. The highest BCUT2D eigenvalue weighted by atomic mass is 16.5. The van der Waals surface area contributed by atoms with E-state index in [1.165, 1.54) is 12.8 Å². The van der Waals surface area contributed by atoms with Gasteiger partial charge in [0.2, 0.25) is 0 Å². The molecule has 0 spiro atoms. The smallest absolute Gasteiger partial charge is 0.268 e. The van der Waals surface area contributed by atoms with Crippen molar-refractivity contribution in [2.75, 3.05) is 27.2 Å². The number of nitrogens with two attached hydrogens (primary N) is 1. The fourth-order valence-corrected chi connectivity index (χ4v) is 6.55. The lowest BCUT2D eigenvalue weighted by molar-refractivity contribution is -0.0168. The van der Waals surface area contributed by atoms with E-state index in [1.54, 1.807) is 30.3 Å². The predicted molar refractivity (Wildman–Crippen MR) is 182 cm³/mol. The molecule has 47 heavy (non-hydrogen) atoms. The number of nitrogens with zero attached hydrogens (tertiary/aromatic N) is 6. The number of benzene rings is 2. The van der Waals surface area contributed by atoms with Crippen LogP contribution < -0.4 is 15.8 Å². The summed E-state index contributed by atoms with van der Waals surface area (Å²) in [5, 5.41) is 7.80. The molecule has 2 aromatic carbocycles. The van der Waals surface area contributed by atoms with Crippen molar-refractivity contribution >= 4 is 33.9 Å². The Bertz CT molecular complexity index is 1990. The summed E-state index contributed by atoms with van der Waals surface area (Å²) in [6, 6.07) is 19.0. The second-order valence-corrected chi connectivity index (χ2v) is 13.5. The van der Waals surface area contributed by atoms with E-state index < -0.39 is 5.54 Å². The van der Waals surface area contributed by atoms with Crippen molar-refractivity contribution in [3.05, 3.63) is 77.5 Å². The van der Waals surface area contributed by atoms with Crippen molar-refractivity contribution in [1.29, 1.82) is 0 Å². The van der Waals surface area contributed by atoms with Crippen molar-refractivity contribution in [3.63, 3.8) is 0 Å². The molecule has 244 valence electrons. The van der Waals surface area contributed by atoms with Gasteiger partial charge in [-0.2, -0.15) is 0 Å². The van der Waals surface area contributed by atoms with Crippen LogP contribution in [0.3, 0.4) is 0 Å². The van der Waals surface area contributed by atoms with Crippen molar-refractivity contribution in [1.82, 2.24) is 34.4 Å². The Kier molecular flexibility index (Phi) is 7.76. The lowest BCUT2D eigenvalue weighted by atomic mass is 9.98. The maximum absolute atomic E-state index is 13.7. The Morgan fingerprint density at radius 3 is 2.49 bits per heavy atom. The third kappa shape index (κ3) is 5.74. The standard InChI is InChI=1S/C36H42N8O3/c1-36(2,40-34(45)23-9-7-6-8-10-23)30-14-13-24-18-28(43(32(24)39-30)20-22-11-12-22)33-38-27-17-25(19-29(47-5)31(27)42(33)4)35(46)44-21-26(37)15-16-41(44)3/h6-10,13-14,17-19,22,26H,11-12,15-16,20-21,37H2,1-5H3,(H,40,45)/t26-/m1/s1. The second-order valence-electron chi connectivity index (χ2n) is 13.5. The number of carbonyl (C=O) groups excluding carboxylic acids is 2. The summed E-state index contributed by atoms with van der Waals surface area (Å²) in [6.45, 7) is 5.95. The Morgan fingerprint density at radius 2 is 1.77 bits per heavy atom. The van der Waals surface area contributed by atoms with E-state index in [9.17, 15) is 9.59 Å². The molecule has 7 rings (SSSR count). The van der Waals surface area contributed by atoms with Gasteiger partial charge in [-0.3, -0.25) is 14.6 Å². The van der Waals surface area contributed by atoms with Crippen LogP contribution in [-0.2, 0) is 19.1 Å². The predicted octanol–water partition coefficient (Wildman–Crippen LogP) is 4.69. The maximum Gasteiger partial charge on any atom is 0.268 e. The summed E-state index contributed by atoms with van der Waals surface area (Å²) in [7, 11) is 5.51. The number of hydrogen-bond acceptors (Lipinski definition) is 7. The molecule has 0 radical (unpaired) electrons. The fourth-order valence-electron chi connectivity index (χ4n) is 6.55. The minimum atomic E-state index is -0.712. The summed E-state index contributed by atoms with van der Waals surface area (Å²) < 4.78 is 10.1. The van der Waals surface area contributed by atoms with Crippen LogP contribution in [0.2, 0.25) is 0 Å². The summed E-state index contributed by atoms with van der Waals surface area (Å²) in [5.41, 5.74) is 10.7. The molecule has 1 aliphatic heterocycles. The monoisotopic (exact) mass is 634 g/mol. The van der Waals surface area contributed by atoms with Gasteiger partial charge in [0.25, 0.3) is 11.8 Å². The lowest BCUT2D eigenvalue weighted by Gasteiger charge is -2.38. The van der Waals surface area contributed by atoms with Crippen LogP contribution in [0.25, 0.3) is 33.6 Å². The number of hydrogen-bond donors (Lipinski definition) is 2. The zero-order valence-electron chi connectivity index (χ0n) is 27.7. The second kappa shape index (κ2) is 11.8. The molecular formula is C36H42N8O3. The summed E-state index contributed by atoms with van der Waals surface area (Å²) >= 11 is 0. The highest BCUT2D eigenvalue weighted by molar-refractivity contribution is 6.00. The van der Waals surface area contributed by atoms with E-state index in [0.717, 1.165) is 53.3 Å². The number of imidazole rings is 1. The molecule has 1 saturated carbocycles. The topological polar surface area (TPSA) is 124 Å². The van der Waals surface area contributed by atoms with Gasteiger partial charge < -0.3 is 24.9 Å². The average molecular weight is 635 g/mol. The fraction of sp³-hybridized carbons (Fsp3) is 0.389. The first-order chi connectivity index (χ1) is 22.5. The van der Waals surface area contributed by atoms with E-state index in [1.807, 2.05) is 67.9 Å². The number of nitrogens with one attached hydrogen (secondary N) is 1. The van der Waals surface area contributed by atoms with E-state index >= 15 is 0 Å². The summed E-state index contributed by atoms with van der Waals surface area (Å²) in [5.74, 6) is 1.64. The molecule has 1 aliphatic carbocycles. The molecule has 11 heteroatoms. The molecule has 0 bridgehead atoms. The minimum Gasteiger partial charge on any atom is -0.494 e. The van der Waals surface area contributed by atoms with Gasteiger partial charge in [0.05, 0.1) is 36.1 Å². The molecule has 2 fully saturated rings. The average Bonchev–Trinajstić information content (AvgIpc) is 3.74. The first-order valence-corrected chi connectivity index (χ1v) is 16.3. The van der Waals surface area contributed by atoms with Gasteiger partial charge in [-0.05, 0) is 81.5 Å². The van der Waals surface area contributed by atoms with Gasteiger partial charge in [0.15, 0.2) is 5.82 Å². The molecule has 1 saturated heterocycles. The number of methoxy groups -OCH3 is 1. The van der Waals surface area contributed by atoms with Gasteiger partial charge in [0, 0.05) is 49.7 Å².